The number of aromatic amines is 1. The second kappa shape index (κ2) is 9.55. The molecule has 0 aliphatic carbocycles. The Morgan fingerprint density at radius 1 is 1.00 bits per heavy atom. The molecule has 0 aliphatic rings. The topological polar surface area (TPSA) is 92.4 Å². The van der Waals surface area contributed by atoms with Crippen molar-refractivity contribution in [3.8, 4) is 0 Å². The highest BCUT2D eigenvalue weighted by Gasteiger charge is 2.22. The van der Waals surface area contributed by atoms with E-state index in [0.717, 1.165) is 0 Å². The lowest BCUT2D eigenvalue weighted by molar-refractivity contribution is -0.138. The first kappa shape index (κ1) is 22.2. The molecule has 7 heteroatoms. The van der Waals surface area contributed by atoms with E-state index in [1.165, 1.54) is 0 Å². The number of hydrogen-bond donors (Lipinski definition) is 1. The largest absolute Gasteiger partial charge is 0.452 e. The number of para-hydroxylation sites is 1. The second-order valence-corrected chi connectivity index (χ2v) is 7.93. The first-order valence-corrected chi connectivity index (χ1v) is 10.3. The smallest absolute Gasteiger partial charge is 0.338 e. The number of nitrogens with one attached hydrogen (secondary N) is 1. The van der Waals surface area contributed by atoms with Gasteiger partial charge in [0.05, 0.1) is 16.5 Å². The summed E-state index contributed by atoms with van der Waals surface area (Å²) < 4.78 is 5.32. The zero-order valence-corrected chi connectivity index (χ0v) is 18.2. The molecule has 7 nitrogen and oxygen atoms in total. The fourth-order valence-electron chi connectivity index (χ4n) is 3.72. The molecule has 1 amide bonds. The quantitative estimate of drug-likeness (QED) is 0.591. The molecular formula is C24H27N3O4. The first-order chi connectivity index (χ1) is 14.8. The van der Waals surface area contributed by atoms with Crippen LogP contribution in [0.4, 0.5) is 0 Å². The Morgan fingerprint density at radius 2 is 1.65 bits per heavy atom. The minimum atomic E-state index is -0.584. The number of fused-ring (bicyclic) bond motifs is 1. The number of benzene rings is 2. The molecule has 0 bridgehead atoms. The standard InChI is InChI=1S/C24H27N3O4/c1-15(2)27(16(3)4)22(28)14-31-24(30)18-10-6-5-9-17(18)13-21-25-20-12-8-7-11-19(20)23(29)26-21/h5-12,15-16H,13-14H2,1-4H3,(H,25,26,29). The summed E-state index contributed by atoms with van der Waals surface area (Å²) in [5.41, 5.74) is 1.36. The van der Waals surface area contributed by atoms with Crippen LogP contribution in [0.3, 0.4) is 0 Å². The fraction of sp³-hybridized carbons (Fsp3) is 0.333. The normalized spacial score (nSPS) is 11.2. The summed E-state index contributed by atoms with van der Waals surface area (Å²) >= 11 is 0. The van der Waals surface area contributed by atoms with Crippen molar-refractivity contribution in [2.24, 2.45) is 0 Å². The van der Waals surface area contributed by atoms with Crippen LogP contribution in [0.2, 0.25) is 0 Å². The highest BCUT2D eigenvalue weighted by Crippen LogP contribution is 2.15. The molecule has 0 fully saturated rings. The molecule has 0 atom stereocenters. The van der Waals surface area contributed by atoms with Crippen molar-refractivity contribution in [1.29, 1.82) is 0 Å². The molecule has 3 aromatic rings. The van der Waals surface area contributed by atoms with Crippen LogP contribution in [0.15, 0.2) is 53.3 Å². The summed E-state index contributed by atoms with van der Waals surface area (Å²) in [7, 11) is 0. The fourth-order valence-corrected chi connectivity index (χ4v) is 3.72. The summed E-state index contributed by atoms with van der Waals surface area (Å²) in [6.45, 7) is 7.37. The van der Waals surface area contributed by atoms with Gasteiger partial charge in [0, 0.05) is 18.5 Å². The second-order valence-electron chi connectivity index (χ2n) is 7.93. The predicted octanol–water partition coefficient (Wildman–Crippen LogP) is 3.32. The number of carbonyl (C=O) groups excluding carboxylic acids is 2. The number of nitrogens with zero attached hydrogens (tertiary/aromatic N) is 2. The third kappa shape index (κ3) is 5.17. The molecule has 1 N–H and O–H groups in total. The van der Waals surface area contributed by atoms with E-state index in [4.69, 9.17) is 4.74 Å². The Hall–Kier alpha value is -3.48. The average molecular weight is 421 g/mol. The number of aromatic nitrogens is 2. The Labute approximate surface area is 181 Å². The minimum Gasteiger partial charge on any atom is -0.452 e. The highest BCUT2D eigenvalue weighted by atomic mass is 16.5. The zero-order chi connectivity index (χ0) is 22.5. The van der Waals surface area contributed by atoms with E-state index in [1.54, 1.807) is 47.4 Å². The van der Waals surface area contributed by atoms with Crippen LogP contribution >= 0.6 is 0 Å². The van der Waals surface area contributed by atoms with E-state index in [2.05, 4.69) is 9.97 Å². The Kier molecular flexibility index (Phi) is 6.84. The summed E-state index contributed by atoms with van der Waals surface area (Å²) in [5, 5.41) is 0.511. The van der Waals surface area contributed by atoms with Gasteiger partial charge in [-0.1, -0.05) is 30.3 Å². The molecule has 0 radical (unpaired) electrons. The van der Waals surface area contributed by atoms with E-state index in [0.29, 0.717) is 27.9 Å². The number of amides is 1. The molecule has 31 heavy (non-hydrogen) atoms. The van der Waals surface area contributed by atoms with Gasteiger partial charge in [-0.3, -0.25) is 9.59 Å². The van der Waals surface area contributed by atoms with Crippen molar-refractivity contribution in [2.45, 2.75) is 46.2 Å². The summed E-state index contributed by atoms with van der Waals surface area (Å²) in [4.78, 5) is 46.5. The summed E-state index contributed by atoms with van der Waals surface area (Å²) in [6, 6.07) is 14.1. The summed E-state index contributed by atoms with van der Waals surface area (Å²) in [5.74, 6) is -0.373. The van der Waals surface area contributed by atoms with Gasteiger partial charge in [0.15, 0.2) is 6.61 Å². The molecule has 1 aromatic heterocycles. The van der Waals surface area contributed by atoms with Crippen molar-refractivity contribution >= 4 is 22.8 Å². The van der Waals surface area contributed by atoms with Crippen LogP contribution in [-0.2, 0) is 16.0 Å². The van der Waals surface area contributed by atoms with Crippen LogP contribution in [0, 0.1) is 0 Å². The maximum atomic E-state index is 12.7. The molecule has 0 saturated carbocycles. The summed E-state index contributed by atoms with van der Waals surface area (Å²) in [6.07, 6.45) is 0.253. The minimum absolute atomic E-state index is 0.00860. The number of rotatable bonds is 7. The van der Waals surface area contributed by atoms with Gasteiger partial charge in [0.2, 0.25) is 0 Å². The van der Waals surface area contributed by atoms with Crippen molar-refractivity contribution < 1.29 is 14.3 Å². The van der Waals surface area contributed by atoms with E-state index in [9.17, 15) is 14.4 Å². The average Bonchev–Trinajstić information content (AvgIpc) is 2.72. The Morgan fingerprint density at radius 3 is 2.35 bits per heavy atom. The third-order valence-electron chi connectivity index (χ3n) is 4.98. The van der Waals surface area contributed by atoms with E-state index >= 15 is 0 Å². The molecule has 3 rings (SSSR count). The maximum Gasteiger partial charge on any atom is 0.338 e. The third-order valence-corrected chi connectivity index (χ3v) is 4.98. The molecule has 0 spiro atoms. The first-order valence-electron chi connectivity index (χ1n) is 10.3. The Balaban J connectivity index is 1.78. The molecule has 2 aromatic carbocycles. The number of carbonyl (C=O) groups is 2. The van der Waals surface area contributed by atoms with Gasteiger partial charge in [-0.25, -0.2) is 9.78 Å². The number of esters is 1. The van der Waals surface area contributed by atoms with Crippen molar-refractivity contribution in [1.82, 2.24) is 14.9 Å². The van der Waals surface area contributed by atoms with Gasteiger partial charge in [0.1, 0.15) is 5.82 Å². The number of H-pyrrole nitrogens is 1. The lowest BCUT2D eigenvalue weighted by Gasteiger charge is -2.30. The van der Waals surface area contributed by atoms with Gasteiger partial charge < -0.3 is 14.6 Å². The van der Waals surface area contributed by atoms with Crippen molar-refractivity contribution in [3.63, 3.8) is 0 Å². The van der Waals surface area contributed by atoms with Gasteiger partial charge in [-0.05, 0) is 51.5 Å². The van der Waals surface area contributed by atoms with Gasteiger partial charge >= 0.3 is 5.97 Å². The molecule has 162 valence electrons. The molecular weight excluding hydrogens is 394 g/mol. The van der Waals surface area contributed by atoms with Gasteiger partial charge in [-0.15, -0.1) is 0 Å². The Bertz CT molecular complexity index is 1140. The van der Waals surface area contributed by atoms with Crippen LogP contribution in [0.5, 0.6) is 0 Å². The lowest BCUT2D eigenvalue weighted by atomic mass is 10.0. The molecule has 0 saturated heterocycles. The SMILES string of the molecule is CC(C)N(C(=O)COC(=O)c1ccccc1Cc1nc2ccccc2c(=O)[nH]1)C(C)C. The monoisotopic (exact) mass is 421 g/mol. The van der Waals surface area contributed by atoms with Crippen molar-refractivity contribution in [2.75, 3.05) is 6.61 Å². The van der Waals surface area contributed by atoms with Crippen LogP contribution in [0.1, 0.15) is 49.4 Å². The lowest BCUT2D eigenvalue weighted by Crippen LogP contribution is -2.44. The maximum absolute atomic E-state index is 12.7. The number of ether oxygens (including phenoxy) is 1. The van der Waals surface area contributed by atoms with Gasteiger partial charge in [0.25, 0.3) is 11.5 Å². The molecule has 1 heterocycles. The van der Waals surface area contributed by atoms with Gasteiger partial charge in [-0.2, -0.15) is 0 Å². The highest BCUT2D eigenvalue weighted by molar-refractivity contribution is 5.93. The van der Waals surface area contributed by atoms with Crippen LogP contribution in [-0.4, -0.2) is 45.4 Å². The molecule has 0 aliphatic heterocycles. The van der Waals surface area contributed by atoms with Crippen molar-refractivity contribution in [3.05, 3.63) is 75.8 Å². The number of hydrogen-bond acceptors (Lipinski definition) is 5. The predicted molar refractivity (Wildman–Crippen MR) is 119 cm³/mol. The van der Waals surface area contributed by atoms with E-state index in [1.807, 2.05) is 33.8 Å². The van der Waals surface area contributed by atoms with E-state index in [-0.39, 0.29) is 36.6 Å². The van der Waals surface area contributed by atoms with E-state index < -0.39 is 5.97 Å². The van der Waals surface area contributed by atoms with Crippen LogP contribution in [0.25, 0.3) is 10.9 Å². The zero-order valence-electron chi connectivity index (χ0n) is 18.2. The molecule has 0 unspecified atom stereocenters. The van der Waals surface area contributed by atoms with Crippen LogP contribution < -0.4 is 5.56 Å².